The summed E-state index contributed by atoms with van der Waals surface area (Å²) in [5, 5.41) is 0. The lowest BCUT2D eigenvalue weighted by Crippen LogP contribution is -2.51. The highest BCUT2D eigenvalue weighted by atomic mass is 35.5. The lowest BCUT2D eigenvalue weighted by molar-refractivity contribution is -0.157. The van der Waals surface area contributed by atoms with E-state index in [0.717, 1.165) is 0 Å². The number of ether oxygens (including phenoxy) is 1. The first-order valence-corrected chi connectivity index (χ1v) is 5.41. The third-order valence-electron chi connectivity index (χ3n) is 2.78. The van der Waals surface area contributed by atoms with Crippen molar-refractivity contribution in [1.29, 1.82) is 0 Å². The van der Waals surface area contributed by atoms with Crippen molar-refractivity contribution in [3.8, 4) is 0 Å². The van der Waals surface area contributed by atoms with Crippen molar-refractivity contribution < 1.29 is 14.3 Å². The molecule has 0 saturated carbocycles. The fourth-order valence-electron chi connectivity index (χ4n) is 1.78. The number of nitrogens with zero attached hydrogens (tertiary/aromatic N) is 1. The van der Waals surface area contributed by atoms with Gasteiger partial charge in [0.25, 0.3) is 0 Å². The number of amides is 1. The number of carbonyl (C=O) groups is 2. The largest absolute Gasteiger partial charge is 0.467 e. The van der Waals surface area contributed by atoms with Crippen LogP contribution in [-0.4, -0.2) is 41.8 Å². The first-order valence-electron chi connectivity index (χ1n) is 4.88. The maximum Gasteiger partial charge on any atom is 0.331 e. The van der Waals surface area contributed by atoms with Crippen LogP contribution in [0.5, 0.6) is 0 Å². The smallest absolute Gasteiger partial charge is 0.331 e. The summed E-state index contributed by atoms with van der Waals surface area (Å²) in [4.78, 5) is 24.7. The summed E-state index contributed by atoms with van der Waals surface area (Å²) >= 11 is 5.71. The predicted molar refractivity (Wildman–Crippen MR) is 56.6 cm³/mol. The molecule has 0 aromatic heterocycles. The van der Waals surface area contributed by atoms with Gasteiger partial charge in [0.05, 0.1) is 7.11 Å². The van der Waals surface area contributed by atoms with Gasteiger partial charge in [0.1, 0.15) is 5.54 Å². The van der Waals surface area contributed by atoms with Crippen LogP contribution in [0.1, 0.15) is 20.3 Å². The molecule has 0 spiro atoms. The van der Waals surface area contributed by atoms with E-state index in [9.17, 15) is 9.59 Å². The Bertz CT molecular complexity index is 278. The summed E-state index contributed by atoms with van der Waals surface area (Å²) in [5.74, 6) is 0.157. The maximum absolute atomic E-state index is 11.7. The minimum absolute atomic E-state index is 0.0314. The summed E-state index contributed by atoms with van der Waals surface area (Å²) in [5.41, 5.74) is -0.896. The molecule has 5 heteroatoms. The Balaban J connectivity index is 2.80. The maximum atomic E-state index is 11.7. The lowest BCUT2D eigenvalue weighted by Gasteiger charge is -2.32. The molecular formula is C10H16ClNO3. The van der Waals surface area contributed by atoms with Crippen LogP contribution in [0.3, 0.4) is 0 Å². The molecule has 1 unspecified atom stereocenters. The van der Waals surface area contributed by atoms with Gasteiger partial charge in [0, 0.05) is 18.8 Å². The molecular weight excluding hydrogens is 218 g/mol. The van der Waals surface area contributed by atoms with Gasteiger partial charge >= 0.3 is 5.97 Å². The van der Waals surface area contributed by atoms with E-state index < -0.39 is 11.5 Å². The van der Waals surface area contributed by atoms with Gasteiger partial charge < -0.3 is 9.64 Å². The fraction of sp³-hybridized carbons (Fsp3) is 0.800. The number of methoxy groups -OCH3 is 1. The quantitative estimate of drug-likeness (QED) is 0.540. The van der Waals surface area contributed by atoms with Crippen LogP contribution >= 0.6 is 11.6 Å². The zero-order valence-corrected chi connectivity index (χ0v) is 10.0. The molecule has 1 heterocycles. The number of likely N-dealkylation sites (tertiary alicyclic amines) is 1. The second kappa shape index (κ2) is 4.39. The summed E-state index contributed by atoms with van der Waals surface area (Å²) in [7, 11) is 1.32. The molecule has 1 fully saturated rings. The predicted octanol–water partition coefficient (Wildman–Crippen LogP) is 1.03. The average Bonchev–Trinajstić information content (AvgIpc) is 2.58. The van der Waals surface area contributed by atoms with Crippen LogP contribution in [0, 0.1) is 5.92 Å². The Labute approximate surface area is 94.5 Å². The number of hydrogen-bond acceptors (Lipinski definition) is 3. The van der Waals surface area contributed by atoms with Gasteiger partial charge in [0.2, 0.25) is 5.91 Å². The molecule has 0 aromatic carbocycles. The molecule has 1 amide bonds. The molecule has 1 saturated heterocycles. The van der Waals surface area contributed by atoms with Crippen LogP contribution in [0.25, 0.3) is 0 Å². The second-order valence-electron chi connectivity index (χ2n) is 4.28. The Hall–Kier alpha value is -0.770. The number of hydrogen-bond donors (Lipinski definition) is 0. The van der Waals surface area contributed by atoms with Crippen LogP contribution in [-0.2, 0) is 14.3 Å². The minimum Gasteiger partial charge on any atom is -0.467 e. The number of esters is 1. The molecule has 1 aliphatic rings. The lowest BCUT2D eigenvalue weighted by atomic mass is 10.0. The standard InChI is InChI=1S/C10H16ClNO3/c1-10(2,9(14)15-3)12-6-7(5-11)4-8(12)13/h7H,4-6H2,1-3H3. The van der Waals surface area contributed by atoms with E-state index in [4.69, 9.17) is 11.6 Å². The Morgan fingerprint density at radius 1 is 1.67 bits per heavy atom. The van der Waals surface area contributed by atoms with Crippen molar-refractivity contribution in [2.45, 2.75) is 25.8 Å². The van der Waals surface area contributed by atoms with E-state index in [1.807, 2.05) is 0 Å². The molecule has 0 radical (unpaired) electrons. The van der Waals surface area contributed by atoms with E-state index in [2.05, 4.69) is 4.74 Å². The third kappa shape index (κ3) is 2.25. The first kappa shape index (κ1) is 12.3. The SMILES string of the molecule is COC(=O)C(C)(C)N1CC(CCl)CC1=O. The molecule has 0 aromatic rings. The third-order valence-corrected chi connectivity index (χ3v) is 3.22. The Kier molecular flexibility index (Phi) is 3.60. The summed E-state index contributed by atoms with van der Waals surface area (Å²) in [6.45, 7) is 3.91. The van der Waals surface area contributed by atoms with E-state index in [0.29, 0.717) is 18.8 Å². The highest BCUT2D eigenvalue weighted by Gasteiger charge is 2.43. The van der Waals surface area contributed by atoms with Crippen LogP contribution in [0.4, 0.5) is 0 Å². The van der Waals surface area contributed by atoms with Crippen molar-refractivity contribution in [2.75, 3.05) is 19.5 Å². The van der Waals surface area contributed by atoms with Gasteiger partial charge in [-0.1, -0.05) is 0 Å². The fourth-order valence-corrected chi connectivity index (χ4v) is 1.99. The van der Waals surface area contributed by atoms with E-state index in [1.54, 1.807) is 18.7 Å². The summed E-state index contributed by atoms with van der Waals surface area (Å²) < 4.78 is 4.68. The van der Waals surface area contributed by atoms with Crippen LogP contribution in [0.2, 0.25) is 0 Å². The Morgan fingerprint density at radius 2 is 2.27 bits per heavy atom. The molecule has 1 atom stereocenters. The monoisotopic (exact) mass is 233 g/mol. The molecule has 0 bridgehead atoms. The number of halogens is 1. The van der Waals surface area contributed by atoms with Gasteiger partial charge in [-0.15, -0.1) is 11.6 Å². The highest BCUT2D eigenvalue weighted by Crippen LogP contribution is 2.27. The topological polar surface area (TPSA) is 46.6 Å². The summed E-state index contributed by atoms with van der Waals surface area (Å²) in [6.07, 6.45) is 0.421. The highest BCUT2D eigenvalue weighted by molar-refractivity contribution is 6.18. The van der Waals surface area contributed by atoms with Gasteiger partial charge in [-0.05, 0) is 19.8 Å². The van der Waals surface area contributed by atoms with Crippen molar-refractivity contribution in [3.05, 3.63) is 0 Å². The second-order valence-corrected chi connectivity index (χ2v) is 4.59. The van der Waals surface area contributed by atoms with Crippen molar-refractivity contribution >= 4 is 23.5 Å². The van der Waals surface area contributed by atoms with E-state index >= 15 is 0 Å². The molecule has 4 nitrogen and oxygen atoms in total. The van der Waals surface area contributed by atoms with Gasteiger partial charge in [-0.3, -0.25) is 4.79 Å². The minimum atomic E-state index is -0.896. The average molecular weight is 234 g/mol. The van der Waals surface area contributed by atoms with Crippen molar-refractivity contribution in [2.24, 2.45) is 5.92 Å². The zero-order valence-electron chi connectivity index (χ0n) is 9.25. The number of carbonyl (C=O) groups excluding carboxylic acids is 2. The van der Waals surface area contributed by atoms with Gasteiger partial charge in [-0.25, -0.2) is 4.79 Å². The molecule has 1 rings (SSSR count). The van der Waals surface area contributed by atoms with Gasteiger partial charge in [0.15, 0.2) is 0 Å². The Morgan fingerprint density at radius 3 is 2.67 bits per heavy atom. The number of alkyl halides is 1. The number of rotatable bonds is 3. The van der Waals surface area contributed by atoms with Crippen molar-refractivity contribution in [3.63, 3.8) is 0 Å². The molecule has 86 valence electrons. The van der Waals surface area contributed by atoms with E-state index in [1.165, 1.54) is 7.11 Å². The van der Waals surface area contributed by atoms with E-state index in [-0.39, 0.29) is 11.8 Å². The zero-order chi connectivity index (χ0) is 11.6. The molecule has 0 aliphatic carbocycles. The molecule has 15 heavy (non-hydrogen) atoms. The molecule has 1 aliphatic heterocycles. The van der Waals surface area contributed by atoms with Crippen LogP contribution in [0.15, 0.2) is 0 Å². The summed E-state index contributed by atoms with van der Waals surface area (Å²) in [6, 6.07) is 0. The normalized spacial score (nSPS) is 22.0. The van der Waals surface area contributed by atoms with Gasteiger partial charge in [-0.2, -0.15) is 0 Å². The van der Waals surface area contributed by atoms with Crippen LogP contribution < -0.4 is 0 Å². The first-order chi connectivity index (χ1) is 6.93. The molecule has 0 N–H and O–H groups in total. The van der Waals surface area contributed by atoms with Crippen molar-refractivity contribution in [1.82, 2.24) is 4.90 Å².